The summed E-state index contributed by atoms with van der Waals surface area (Å²) >= 11 is 0. The summed E-state index contributed by atoms with van der Waals surface area (Å²) in [6, 6.07) is 0. The second kappa shape index (κ2) is 2.22. The molecule has 0 rings (SSSR count). The molecule has 0 aromatic carbocycles. The molecular weight excluding hydrogens is 98.0 g/mol. The largest absolute Gasteiger partial charge is 0.357 e. The van der Waals surface area contributed by atoms with Gasteiger partial charge in [0.15, 0.2) is 0 Å². The van der Waals surface area contributed by atoms with Crippen LogP contribution in [-0.4, -0.2) is 34.5 Å². The molecule has 0 aliphatic rings. The van der Waals surface area contributed by atoms with E-state index in [1.807, 2.05) is 0 Å². The van der Waals surface area contributed by atoms with Crippen molar-refractivity contribution in [1.82, 2.24) is 5.01 Å². The average Bonchev–Trinajstić information content (AvgIpc) is 1.65. The summed E-state index contributed by atoms with van der Waals surface area (Å²) in [4.78, 5) is 0.306. The van der Waals surface area contributed by atoms with E-state index >= 15 is 0 Å². The minimum Gasteiger partial charge on any atom is -0.357 e. The number of nitrogens with zero attached hydrogens (tertiary/aromatic N) is 3. The van der Waals surface area contributed by atoms with Crippen LogP contribution in [0.4, 0.5) is 0 Å². The Hall–Kier alpha value is -1.00. The van der Waals surface area contributed by atoms with E-state index in [9.17, 15) is 0 Å². The van der Waals surface area contributed by atoms with E-state index in [1.54, 1.807) is 0 Å². The first-order valence-electron chi connectivity index (χ1n) is 1.69. The lowest BCUT2D eigenvalue weighted by Gasteiger charge is -1.92. The third-order valence-electron chi connectivity index (χ3n) is 0.438. The zero-order chi connectivity index (χ0) is 5.86. The van der Waals surface area contributed by atoms with E-state index in [-0.39, 0.29) is 0 Å². The summed E-state index contributed by atoms with van der Waals surface area (Å²) in [5.74, 6) is 0. The second-order valence-corrected chi connectivity index (χ2v) is 1.20. The van der Waals surface area contributed by atoms with Crippen molar-refractivity contribution in [3.05, 3.63) is 0 Å². The lowest BCUT2D eigenvalue weighted by Crippen LogP contribution is -2.22. The first-order valence-corrected chi connectivity index (χ1v) is 1.69. The Bertz CT molecular complexity index is 79.0. The molecule has 0 heterocycles. The summed E-state index contributed by atoms with van der Waals surface area (Å²) in [6.07, 6.45) is 0. The molecule has 0 amide bonds. The quantitative estimate of drug-likeness (QED) is 0.274. The van der Waals surface area contributed by atoms with E-state index in [4.69, 9.17) is 10.4 Å². The van der Waals surface area contributed by atoms with Crippen LogP contribution in [0.2, 0.25) is 0 Å². The molecule has 0 saturated heterocycles. The second-order valence-electron chi connectivity index (χ2n) is 1.20. The molecule has 0 atom stereocenters. The highest BCUT2D eigenvalue weighted by molar-refractivity contribution is 3.91. The molecule has 0 unspecified atom stereocenters. The van der Waals surface area contributed by atoms with Gasteiger partial charge in [-0.05, 0) is 0 Å². The van der Waals surface area contributed by atoms with E-state index in [0.29, 0.717) is 4.97 Å². The minimum atomic E-state index is 0.306. The molecule has 0 spiro atoms. The molecule has 0 fully saturated rings. The normalized spacial score (nSPS) is 11.4. The molecule has 0 aliphatic carbocycles. The zero-order valence-corrected chi connectivity index (χ0v) is 4.24. The fourth-order valence-electron chi connectivity index (χ4n) is 0.0800. The Labute approximate surface area is 41.0 Å². The zero-order valence-electron chi connectivity index (χ0n) is 4.24. The highest BCUT2D eigenvalue weighted by Gasteiger charge is 2.01. The van der Waals surface area contributed by atoms with Crippen LogP contribution < -0.4 is 0 Å². The number of hydrogen-bond donors (Lipinski definition) is 2. The van der Waals surface area contributed by atoms with Gasteiger partial charge < -0.3 is 5.21 Å². The fraction of sp³-hybridized carbons (Fsp3) is 1.00. The molecule has 7 heavy (non-hydrogen) atoms. The van der Waals surface area contributed by atoms with Gasteiger partial charge in [-0.25, -0.2) is 5.21 Å². The van der Waals surface area contributed by atoms with E-state index < -0.39 is 0 Å². The van der Waals surface area contributed by atoms with Gasteiger partial charge in [-0.15, -0.1) is 5.01 Å². The van der Waals surface area contributed by atoms with Crippen molar-refractivity contribution in [2.45, 2.75) is 0 Å². The van der Waals surface area contributed by atoms with Gasteiger partial charge in [0, 0.05) is 0 Å². The molecule has 0 bridgehead atoms. The minimum absolute atomic E-state index is 0.306. The van der Waals surface area contributed by atoms with Crippen molar-refractivity contribution in [3.63, 3.8) is 0 Å². The highest BCUT2D eigenvalue weighted by Crippen LogP contribution is 1.70. The van der Waals surface area contributed by atoms with Crippen LogP contribution in [0.15, 0.2) is 5.28 Å². The first-order chi connectivity index (χ1) is 3.18. The van der Waals surface area contributed by atoms with Crippen molar-refractivity contribution < 1.29 is 15.4 Å². The molecule has 42 valence electrons. The van der Waals surface area contributed by atoms with Gasteiger partial charge in [-0.1, -0.05) is 0 Å². The monoisotopic (exact) mass is 106 g/mol. The van der Waals surface area contributed by atoms with Crippen LogP contribution >= 0.6 is 0 Å². The third-order valence-corrected chi connectivity index (χ3v) is 0.438. The Morgan fingerprint density at radius 2 is 2.00 bits per heavy atom. The molecule has 0 aliphatic heterocycles. The van der Waals surface area contributed by atoms with Crippen LogP contribution in [0.25, 0.3) is 0 Å². The van der Waals surface area contributed by atoms with Crippen molar-refractivity contribution >= 4 is 0 Å². The van der Waals surface area contributed by atoms with E-state index in [0.717, 1.165) is 0 Å². The van der Waals surface area contributed by atoms with Crippen molar-refractivity contribution in [3.8, 4) is 0 Å². The van der Waals surface area contributed by atoms with Gasteiger partial charge in [0.1, 0.15) is 0 Å². The summed E-state index contributed by atoms with van der Waals surface area (Å²) in [7, 11) is 3.06. The van der Waals surface area contributed by atoms with Gasteiger partial charge in [0.25, 0.3) is 10.2 Å². The average molecular weight is 106 g/mol. The standard InChI is InChI=1S/C2H7N3O2/c1-4(2)5(7)3-6/h7H,1-2H3/p+1. The van der Waals surface area contributed by atoms with Crippen LogP contribution in [0.1, 0.15) is 0 Å². The van der Waals surface area contributed by atoms with Crippen molar-refractivity contribution in [1.29, 1.82) is 0 Å². The summed E-state index contributed by atoms with van der Waals surface area (Å²) in [6.45, 7) is 0. The number of hydrazine groups is 1. The van der Waals surface area contributed by atoms with Gasteiger partial charge in [-0.3, -0.25) is 0 Å². The van der Waals surface area contributed by atoms with E-state index in [2.05, 4.69) is 5.28 Å². The summed E-state index contributed by atoms with van der Waals surface area (Å²) in [5.41, 5.74) is 0. The maximum Gasteiger partial charge on any atom is 0.271 e. The van der Waals surface area contributed by atoms with Crippen molar-refractivity contribution in [2.75, 3.05) is 14.1 Å². The topological polar surface area (TPSA) is 59.1 Å². The van der Waals surface area contributed by atoms with Crippen LogP contribution in [0, 0.1) is 0 Å². The lowest BCUT2D eigenvalue weighted by atomic mass is 11.2. The third kappa shape index (κ3) is 1.80. The number of hydrogen-bond acceptors (Lipinski definition) is 1. The predicted molar refractivity (Wildman–Crippen MR) is 19.9 cm³/mol. The summed E-state index contributed by atoms with van der Waals surface area (Å²) < 4.78 is 0. The molecular formula is C2H8N3O2+. The molecule has 2 N–H and O–H groups in total. The smallest absolute Gasteiger partial charge is 0.271 e. The molecule has 0 radical (unpaired) electrons. The van der Waals surface area contributed by atoms with Crippen LogP contribution in [0.3, 0.4) is 0 Å². The molecule has 5 nitrogen and oxygen atoms in total. The Balaban J connectivity index is 3.56. The fourth-order valence-corrected chi connectivity index (χ4v) is 0.0800. The SMILES string of the molecule is CN(C)/[N+](O)=N/O. The first kappa shape index (κ1) is 6.00. The molecule has 0 aromatic heterocycles. The van der Waals surface area contributed by atoms with Crippen LogP contribution in [-0.2, 0) is 0 Å². The molecule has 0 saturated carbocycles. The Kier molecular flexibility index (Phi) is 1.90. The van der Waals surface area contributed by atoms with E-state index in [1.165, 1.54) is 19.1 Å². The molecule has 0 aromatic rings. The lowest BCUT2D eigenvalue weighted by molar-refractivity contribution is -0.934. The summed E-state index contributed by atoms with van der Waals surface area (Å²) in [5, 5.41) is 19.6. The molecule has 5 heteroatoms. The number of rotatable bonds is 1. The van der Waals surface area contributed by atoms with Gasteiger partial charge in [0.2, 0.25) is 0 Å². The maximum absolute atomic E-state index is 8.28. The highest BCUT2D eigenvalue weighted by atomic mass is 16.6. The Morgan fingerprint density at radius 3 is 2.00 bits per heavy atom. The van der Waals surface area contributed by atoms with Gasteiger partial charge in [0.05, 0.1) is 14.1 Å². The van der Waals surface area contributed by atoms with Crippen molar-refractivity contribution in [2.24, 2.45) is 5.28 Å². The van der Waals surface area contributed by atoms with Gasteiger partial charge >= 0.3 is 0 Å². The predicted octanol–water partition coefficient (Wildman–Crippen LogP) is -0.294. The van der Waals surface area contributed by atoms with Crippen LogP contribution in [0.5, 0.6) is 0 Å². The maximum atomic E-state index is 8.28. The van der Waals surface area contributed by atoms with Gasteiger partial charge in [-0.2, -0.15) is 0 Å². The Morgan fingerprint density at radius 1 is 1.57 bits per heavy atom.